The van der Waals surface area contributed by atoms with Gasteiger partial charge in [-0.3, -0.25) is 0 Å². The number of nitrogens with zero attached hydrogens (tertiary/aromatic N) is 2. The Morgan fingerprint density at radius 3 is 2.08 bits per heavy atom. The van der Waals surface area contributed by atoms with Crippen molar-refractivity contribution in [1.82, 2.24) is 9.38 Å². The molecule has 6 heteroatoms. The van der Waals surface area contributed by atoms with E-state index in [0.29, 0.717) is 0 Å². The zero-order chi connectivity index (χ0) is 18.4. The van der Waals surface area contributed by atoms with Crippen LogP contribution in [-0.2, 0) is 4.90 Å². The predicted octanol–water partition coefficient (Wildman–Crippen LogP) is 5.22. The highest BCUT2D eigenvalue weighted by Crippen LogP contribution is 2.38. The van der Waals surface area contributed by atoms with Gasteiger partial charge in [-0.05, 0) is 57.0 Å². The van der Waals surface area contributed by atoms with Crippen LogP contribution in [0.1, 0.15) is 32.3 Å². The molecule has 0 amide bonds. The van der Waals surface area contributed by atoms with E-state index in [4.69, 9.17) is 9.72 Å². The van der Waals surface area contributed by atoms with Gasteiger partial charge in [0.2, 0.25) is 0 Å². The fourth-order valence-electron chi connectivity index (χ4n) is 2.81. The number of aromatic nitrogens is 2. The minimum atomic E-state index is -0.272. The maximum absolute atomic E-state index is 5.87. The Kier molecular flexibility index (Phi) is 4.97. The first-order chi connectivity index (χ1) is 11.5. The molecule has 0 N–H and O–H groups in total. The van der Waals surface area contributed by atoms with Gasteiger partial charge in [0.15, 0.2) is 0 Å². The summed E-state index contributed by atoms with van der Waals surface area (Å²) in [5, 5.41) is -0.272. The highest BCUT2D eigenvalue weighted by molar-refractivity contribution is 7.38. The maximum atomic E-state index is 5.87. The summed E-state index contributed by atoms with van der Waals surface area (Å²) in [6.07, 6.45) is 2.16. The van der Waals surface area contributed by atoms with E-state index >= 15 is 0 Å². The number of hydrogen-bond donors (Lipinski definition) is 0. The third-order valence-corrected chi connectivity index (χ3v) is 4.51. The summed E-state index contributed by atoms with van der Waals surface area (Å²) in [6.45, 7) is 8.21. The molecule has 2 aromatic heterocycles. The highest BCUT2D eigenvalue weighted by Gasteiger charge is 2.22. The minimum Gasteiger partial charge on any atom is -0.484 e. The molecule has 3 nitrogen and oxygen atoms in total. The average molecular weight is 390 g/mol. The Morgan fingerprint density at radius 2 is 1.52 bits per heavy atom. The summed E-state index contributed by atoms with van der Waals surface area (Å²) >= 11 is 0. The Labute approximate surface area is 156 Å². The number of aryl methyl sites for hydroxylation is 1. The van der Waals surface area contributed by atoms with Crippen LogP contribution in [0.3, 0.4) is 0 Å². The van der Waals surface area contributed by atoms with Gasteiger partial charge >= 0.3 is 0 Å². The fraction of sp³-hybridized carbons (Fsp3) is 0.316. The predicted molar refractivity (Wildman–Crippen MR) is 117 cm³/mol. The van der Waals surface area contributed by atoms with Crippen LogP contribution in [0.2, 0.25) is 0 Å². The Balaban J connectivity index is 2.02. The largest absolute Gasteiger partial charge is 0.484 e. The van der Waals surface area contributed by atoms with Crippen molar-refractivity contribution in [2.24, 2.45) is 0 Å². The second-order valence-corrected chi connectivity index (χ2v) is 11.7. The molecule has 1 aromatic carbocycles. The normalized spacial score (nSPS) is 12.6. The molecule has 3 atom stereocenters. The molecule has 0 saturated heterocycles. The van der Waals surface area contributed by atoms with Gasteiger partial charge in [0, 0.05) is 6.20 Å². The molecular weight excluding hydrogens is 365 g/mol. The minimum absolute atomic E-state index is 0.169. The lowest BCUT2D eigenvalue weighted by atomic mass is 10.1. The first kappa shape index (κ1) is 18.8. The number of hydrogen-bond acceptors (Lipinski definition) is 2. The second kappa shape index (κ2) is 6.62. The van der Waals surface area contributed by atoms with Crippen LogP contribution in [0, 0.1) is 6.92 Å². The summed E-state index contributed by atoms with van der Waals surface area (Å²) in [6, 6.07) is 12.5. The number of benzene rings is 1. The van der Waals surface area contributed by atoms with E-state index in [2.05, 4.69) is 76.4 Å². The van der Waals surface area contributed by atoms with Crippen molar-refractivity contribution in [3.05, 3.63) is 54.1 Å². The van der Waals surface area contributed by atoms with Gasteiger partial charge in [0.1, 0.15) is 16.9 Å². The Hall–Kier alpha value is -1.00. The first-order valence-corrected chi connectivity index (χ1v) is 9.93. The fourth-order valence-corrected chi connectivity index (χ4v) is 3.35. The molecule has 2 heterocycles. The molecule has 3 unspecified atom stereocenters. The number of fused-ring (bicyclic) bond motifs is 1. The van der Waals surface area contributed by atoms with Crippen LogP contribution < -0.4 is 4.74 Å². The Bertz CT molecular complexity index is 903. The smallest absolute Gasteiger partial charge is 0.127 e. The SMILES string of the molecule is Cc1nc(C(C)(P)P)n2cc(-c3ccc(OC(C)(C)P)cc3)ccc12. The number of pyridine rings is 1. The van der Waals surface area contributed by atoms with E-state index in [-0.39, 0.29) is 10.2 Å². The van der Waals surface area contributed by atoms with E-state index in [1.807, 2.05) is 26.0 Å². The summed E-state index contributed by atoms with van der Waals surface area (Å²) in [4.78, 5) is 4.58. The molecule has 3 aromatic rings. The average Bonchev–Trinajstić information content (AvgIpc) is 2.83. The topological polar surface area (TPSA) is 26.5 Å². The van der Waals surface area contributed by atoms with Crippen molar-refractivity contribution in [2.45, 2.75) is 37.9 Å². The van der Waals surface area contributed by atoms with Gasteiger partial charge in [0.25, 0.3) is 0 Å². The van der Waals surface area contributed by atoms with E-state index in [1.165, 1.54) is 0 Å². The molecule has 132 valence electrons. The second-order valence-electron chi connectivity index (χ2n) is 7.21. The number of ether oxygens (including phenoxy) is 1. The van der Waals surface area contributed by atoms with Crippen molar-refractivity contribution in [3.63, 3.8) is 0 Å². The van der Waals surface area contributed by atoms with E-state index in [0.717, 1.165) is 33.9 Å². The summed E-state index contributed by atoms with van der Waals surface area (Å²) in [5.74, 6) is 1.88. The monoisotopic (exact) mass is 390 g/mol. The van der Waals surface area contributed by atoms with E-state index in [9.17, 15) is 0 Å². The lowest BCUT2D eigenvalue weighted by molar-refractivity contribution is 0.206. The maximum Gasteiger partial charge on any atom is 0.127 e. The van der Waals surface area contributed by atoms with Crippen LogP contribution in [0.25, 0.3) is 16.6 Å². The number of rotatable bonds is 4. The molecule has 0 saturated carbocycles. The molecule has 0 aliphatic carbocycles. The molecule has 0 spiro atoms. The molecule has 3 rings (SSSR count). The molecule has 0 radical (unpaired) electrons. The van der Waals surface area contributed by atoms with Crippen LogP contribution in [-0.4, -0.2) is 14.7 Å². The molecule has 0 aliphatic rings. The van der Waals surface area contributed by atoms with Crippen molar-refractivity contribution in [1.29, 1.82) is 0 Å². The van der Waals surface area contributed by atoms with Crippen LogP contribution in [0.4, 0.5) is 0 Å². The highest BCUT2D eigenvalue weighted by atomic mass is 31.1. The standard InChI is InChI=1S/C19H25N2OP3/c1-12-16-10-7-14(11-21(16)17(20-12)19(4,24)25)13-5-8-15(9-6-13)22-18(2,3)23/h5-11H,23-25H2,1-4H3. The van der Waals surface area contributed by atoms with Crippen molar-refractivity contribution < 1.29 is 4.74 Å². The quantitative estimate of drug-likeness (QED) is 0.571. The summed E-state index contributed by atoms with van der Waals surface area (Å²) in [7, 11) is 8.39. The lowest BCUT2D eigenvalue weighted by Crippen LogP contribution is -2.18. The van der Waals surface area contributed by atoms with Gasteiger partial charge in [-0.2, -0.15) is 0 Å². The van der Waals surface area contributed by atoms with Crippen LogP contribution in [0.5, 0.6) is 5.75 Å². The summed E-state index contributed by atoms with van der Waals surface area (Å²) in [5.41, 5.74) is 4.49. The van der Waals surface area contributed by atoms with Gasteiger partial charge in [-0.15, -0.1) is 18.5 Å². The zero-order valence-electron chi connectivity index (χ0n) is 15.1. The van der Waals surface area contributed by atoms with E-state index < -0.39 is 0 Å². The van der Waals surface area contributed by atoms with Crippen molar-refractivity contribution >= 4 is 33.2 Å². The first-order valence-electron chi connectivity index (χ1n) is 8.20. The molecule has 0 bridgehead atoms. The van der Waals surface area contributed by atoms with Gasteiger partial charge in [-0.25, -0.2) is 4.98 Å². The van der Waals surface area contributed by atoms with Crippen LogP contribution in [0.15, 0.2) is 42.6 Å². The third-order valence-electron chi connectivity index (χ3n) is 3.87. The van der Waals surface area contributed by atoms with Crippen molar-refractivity contribution in [3.8, 4) is 16.9 Å². The summed E-state index contributed by atoms with van der Waals surface area (Å²) < 4.78 is 8.05. The third kappa shape index (κ3) is 4.22. The number of imidazole rings is 1. The van der Waals surface area contributed by atoms with Gasteiger partial charge in [0.05, 0.1) is 16.1 Å². The van der Waals surface area contributed by atoms with Crippen molar-refractivity contribution in [2.75, 3.05) is 0 Å². The molecular formula is C19H25N2OP3. The van der Waals surface area contributed by atoms with Gasteiger partial charge < -0.3 is 9.14 Å². The van der Waals surface area contributed by atoms with Gasteiger partial charge in [-0.1, -0.05) is 27.4 Å². The molecule has 0 aliphatic heterocycles. The zero-order valence-corrected chi connectivity index (χ0v) is 18.5. The lowest BCUT2D eigenvalue weighted by Gasteiger charge is -2.21. The Morgan fingerprint density at radius 1 is 0.920 bits per heavy atom. The van der Waals surface area contributed by atoms with E-state index in [1.54, 1.807) is 0 Å². The molecule has 0 fully saturated rings. The van der Waals surface area contributed by atoms with Crippen LogP contribution >= 0.6 is 27.7 Å². The molecule has 25 heavy (non-hydrogen) atoms.